The molecule has 160 valence electrons. The Labute approximate surface area is 175 Å². The van der Waals surface area contributed by atoms with Crippen molar-refractivity contribution in [2.75, 3.05) is 13.2 Å². The number of alkyl carbamates (subject to hydrolysis) is 1. The molecule has 0 aliphatic rings. The van der Waals surface area contributed by atoms with E-state index >= 15 is 0 Å². The average molecular weight is 414 g/mol. The molecule has 8 heteroatoms. The molecule has 2 rings (SSSR count). The quantitative estimate of drug-likeness (QED) is 0.513. The SMILES string of the molecule is CCOC(=O)C(CC(=O)N[C@H](CO)c1ccccc1)NC(=O)OCc1ccccc1. The van der Waals surface area contributed by atoms with Crippen molar-refractivity contribution in [3.8, 4) is 0 Å². The van der Waals surface area contributed by atoms with Gasteiger partial charge in [0.15, 0.2) is 0 Å². The summed E-state index contributed by atoms with van der Waals surface area (Å²) in [6.07, 6.45) is -1.20. The zero-order chi connectivity index (χ0) is 21.8. The highest BCUT2D eigenvalue weighted by Crippen LogP contribution is 2.12. The number of esters is 1. The lowest BCUT2D eigenvalue weighted by molar-refractivity contribution is -0.147. The Kier molecular flexibility index (Phi) is 9.33. The number of benzene rings is 2. The predicted molar refractivity (Wildman–Crippen MR) is 109 cm³/mol. The van der Waals surface area contributed by atoms with E-state index in [9.17, 15) is 19.5 Å². The molecule has 0 saturated carbocycles. The molecule has 2 amide bonds. The second-order valence-electron chi connectivity index (χ2n) is 6.43. The monoisotopic (exact) mass is 414 g/mol. The molecule has 8 nitrogen and oxygen atoms in total. The van der Waals surface area contributed by atoms with E-state index in [2.05, 4.69) is 10.6 Å². The summed E-state index contributed by atoms with van der Waals surface area (Å²) in [7, 11) is 0. The topological polar surface area (TPSA) is 114 Å². The van der Waals surface area contributed by atoms with Crippen LogP contribution >= 0.6 is 0 Å². The molecular formula is C22H26N2O6. The van der Waals surface area contributed by atoms with Crippen LogP contribution in [0.25, 0.3) is 0 Å². The summed E-state index contributed by atoms with van der Waals surface area (Å²) in [5, 5.41) is 14.6. The molecule has 1 unspecified atom stereocenters. The molecule has 0 aliphatic heterocycles. The van der Waals surface area contributed by atoms with Crippen molar-refractivity contribution >= 4 is 18.0 Å². The number of amides is 2. The second kappa shape index (κ2) is 12.2. The lowest BCUT2D eigenvalue weighted by atomic mass is 10.1. The van der Waals surface area contributed by atoms with Gasteiger partial charge in [-0.15, -0.1) is 0 Å². The smallest absolute Gasteiger partial charge is 0.408 e. The van der Waals surface area contributed by atoms with Crippen LogP contribution in [0.1, 0.15) is 30.5 Å². The number of rotatable bonds is 10. The lowest BCUT2D eigenvalue weighted by Gasteiger charge is -2.20. The van der Waals surface area contributed by atoms with Gasteiger partial charge in [-0.25, -0.2) is 9.59 Å². The number of carbonyl (C=O) groups is 3. The van der Waals surface area contributed by atoms with Gasteiger partial charge in [0.1, 0.15) is 12.6 Å². The van der Waals surface area contributed by atoms with E-state index in [1.54, 1.807) is 43.3 Å². The van der Waals surface area contributed by atoms with Gasteiger partial charge in [-0.2, -0.15) is 0 Å². The second-order valence-corrected chi connectivity index (χ2v) is 6.43. The summed E-state index contributed by atoms with van der Waals surface area (Å²) in [5.41, 5.74) is 1.50. The molecule has 2 aromatic carbocycles. The van der Waals surface area contributed by atoms with Crippen molar-refractivity contribution in [1.82, 2.24) is 10.6 Å². The third-order valence-electron chi connectivity index (χ3n) is 4.19. The Morgan fingerprint density at radius 1 is 0.933 bits per heavy atom. The van der Waals surface area contributed by atoms with Crippen molar-refractivity contribution in [2.24, 2.45) is 0 Å². The van der Waals surface area contributed by atoms with Crippen molar-refractivity contribution in [3.63, 3.8) is 0 Å². The highest BCUT2D eigenvalue weighted by atomic mass is 16.6. The first kappa shape index (κ1) is 22.9. The molecule has 0 radical (unpaired) electrons. The van der Waals surface area contributed by atoms with Crippen LogP contribution in [0, 0.1) is 0 Å². The van der Waals surface area contributed by atoms with Gasteiger partial charge in [0, 0.05) is 0 Å². The van der Waals surface area contributed by atoms with Crippen molar-refractivity contribution in [2.45, 2.75) is 32.0 Å². The zero-order valence-corrected chi connectivity index (χ0v) is 16.7. The molecule has 2 atom stereocenters. The normalized spacial score (nSPS) is 12.3. The molecule has 0 aliphatic carbocycles. The average Bonchev–Trinajstić information content (AvgIpc) is 2.77. The van der Waals surface area contributed by atoms with Crippen LogP contribution in [0.15, 0.2) is 60.7 Å². The van der Waals surface area contributed by atoms with E-state index in [1.165, 1.54) is 0 Å². The van der Waals surface area contributed by atoms with E-state index in [4.69, 9.17) is 9.47 Å². The summed E-state index contributed by atoms with van der Waals surface area (Å²) in [5.74, 6) is -1.27. The van der Waals surface area contributed by atoms with E-state index in [-0.39, 0.29) is 26.2 Å². The molecule has 3 N–H and O–H groups in total. The molecule has 30 heavy (non-hydrogen) atoms. The van der Waals surface area contributed by atoms with Gasteiger partial charge in [0.2, 0.25) is 5.91 Å². The van der Waals surface area contributed by atoms with Gasteiger partial charge in [0.25, 0.3) is 0 Å². The fourth-order valence-corrected chi connectivity index (χ4v) is 2.70. The number of hydrogen-bond donors (Lipinski definition) is 3. The maximum Gasteiger partial charge on any atom is 0.408 e. The fraction of sp³-hybridized carbons (Fsp3) is 0.318. The van der Waals surface area contributed by atoms with E-state index in [0.29, 0.717) is 0 Å². The molecule has 0 fully saturated rings. The number of hydrogen-bond acceptors (Lipinski definition) is 6. The van der Waals surface area contributed by atoms with Gasteiger partial charge < -0.3 is 25.2 Å². The zero-order valence-electron chi connectivity index (χ0n) is 16.7. The van der Waals surface area contributed by atoms with Crippen LogP contribution in [-0.2, 0) is 25.7 Å². The standard InChI is InChI=1S/C22H26N2O6/c1-2-29-21(27)18(24-22(28)30-15-16-9-5-3-6-10-16)13-20(26)23-19(14-25)17-11-7-4-8-12-17/h3-12,18-19,25H,2,13-15H2,1H3,(H,23,26)(H,24,28)/t18?,19-/m1/s1. The first-order chi connectivity index (χ1) is 14.5. The van der Waals surface area contributed by atoms with Crippen LogP contribution in [0.2, 0.25) is 0 Å². The Balaban J connectivity index is 1.95. The molecular weight excluding hydrogens is 388 g/mol. The van der Waals surface area contributed by atoms with E-state index in [0.717, 1.165) is 11.1 Å². The van der Waals surface area contributed by atoms with Crippen LogP contribution < -0.4 is 10.6 Å². The first-order valence-electron chi connectivity index (χ1n) is 9.62. The van der Waals surface area contributed by atoms with Crippen molar-refractivity contribution in [1.29, 1.82) is 0 Å². The van der Waals surface area contributed by atoms with Gasteiger partial charge in [-0.05, 0) is 18.1 Å². The Morgan fingerprint density at radius 3 is 2.17 bits per heavy atom. The molecule has 0 spiro atoms. The van der Waals surface area contributed by atoms with Gasteiger partial charge >= 0.3 is 12.1 Å². The Morgan fingerprint density at radius 2 is 1.57 bits per heavy atom. The van der Waals surface area contributed by atoms with Crippen LogP contribution in [0.5, 0.6) is 0 Å². The summed E-state index contributed by atoms with van der Waals surface area (Å²) >= 11 is 0. The minimum atomic E-state index is -1.22. The van der Waals surface area contributed by atoms with E-state index < -0.39 is 30.1 Å². The van der Waals surface area contributed by atoms with Crippen LogP contribution in [-0.4, -0.2) is 42.3 Å². The minimum absolute atomic E-state index is 0.0228. The summed E-state index contributed by atoms with van der Waals surface area (Å²) in [4.78, 5) is 36.7. The number of aliphatic hydroxyl groups excluding tert-OH is 1. The Bertz CT molecular complexity index is 813. The Hall–Kier alpha value is -3.39. The fourth-order valence-electron chi connectivity index (χ4n) is 2.70. The third-order valence-corrected chi connectivity index (χ3v) is 4.19. The number of nitrogens with one attached hydrogen (secondary N) is 2. The van der Waals surface area contributed by atoms with E-state index in [1.807, 2.05) is 24.3 Å². The molecule has 0 aromatic heterocycles. The molecule has 0 bridgehead atoms. The molecule has 0 heterocycles. The summed E-state index contributed by atoms with van der Waals surface area (Å²) < 4.78 is 10.1. The van der Waals surface area contributed by atoms with Crippen LogP contribution in [0.4, 0.5) is 4.79 Å². The molecule has 2 aromatic rings. The van der Waals surface area contributed by atoms with Gasteiger partial charge in [-0.1, -0.05) is 60.7 Å². The largest absolute Gasteiger partial charge is 0.464 e. The summed E-state index contributed by atoms with van der Waals surface area (Å²) in [6, 6.07) is 16.1. The summed E-state index contributed by atoms with van der Waals surface area (Å²) in [6.45, 7) is 1.43. The third kappa shape index (κ3) is 7.56. The highest BCUT2D eigenvalue weighted by molar-refractivity contribution is 5.88. The minimum Gasteiger partial charge on any atom is -0.464 e. The van der Waals surface area contributed by atoms with Gasteiger partial charge in [0.05, 0.1) is 25.7 Å². The number of ether oxygens (including phenoxy) is 2. The molecule has 0 saturated heterocycles. The predicted octanol–water partition coefficient (Wildman–Crippen LogP) is 2.08. The van der Waals surface area contributed by atoms with Crippen LogP contribution in [0.3, 0.4) is 0 Å². The maximum absolute atomic E-state index is 12.4. The maximum atomic E-state index is 12.4. The van der Waals surface area contributed by atoms with Crippen molar-refractivity contribution < 1.29 is 29.0 Å². The van der Waals surface area contributed by atoms with Gasteiger partial charge in [-0.3, -0.25) is 4.79 Å². The van der Waals surface area contributed by atoms with Crippen molar-refractivity contribution in [3.05, 3.63) is 71.8 Å². The lowest BCUT2D eigenvalue weighted by Crippen LogP contribution is -2.45. The number of carbonyl (C=O) groups excluding carboxylic acids is 3. The first-order valence-corrected chi connectivity index (χ1v) is 9.62. The highest BCUT2D eigenvalue weighted by Gasteiger charge is 2.27. The number of aliphatic hydroxyl groups is 1.